The summed E-state index contributed by atoms with van der Waals surface area (Å²) in [7, 11) is 2.14. The Balaban J connectivity index is 1.30. The van der Waals surface area contributed by atoms with Crippen LogP contribution in [0.5, 0.6) is 0 Å². The molecule has 1 aliphatic rings. The third-order valence-electron chi connectivity index (χ3n) is 5.81. The maximum Gasteiger partial charge on any atom is 0.270 e. The summed E-state index contributed by atoms with van der Waals surface area (Å²) in [4.78, 5) is 22.3. The third kappa shape index (κ3) is 4.65. The quantitative estimate of drug-likeness (QED) is 0.494. The SMILES string of the molecule is CN1CCN(c2ccc(CNC(=O)c3cc(-c4ccco4)nn3-c3ccccc3)cn2)CC1. The van der Waals surface area contributed by atoms with Crippen LogP contribution in [0, 0.1) is 0 Å². The molecule has 0 spiro atoms. The molecule has 1 aliphatic heterocycles. The average Bonchev–Trinajstić information content (AvgIpc) is 3.54. The van der Waals surface area contributed by atoms with Crippen LogP contribution in [-0.2, 0) is 6.54 Å². The van der Waals surface area contributed by atoms with Crippen molar-refractivity contribution in [2.45, 2.75) is 6.54 Å². The molecule has 8 nitrogen and oxygen atoms in total. The zero-order chi connectivity index (χ0) is 22.6. The predicted molar refractivity (Wildman–Crippen MR) is 126 cm³/mol. The predicted octanol–water partition coefficient (Wildman–Crippen LogP) is 3.21. The molecule has 1 amide bonds. The standard InChI is InChI=1S/C25H26N6O2/c1-29-11-13-30(14-12-29)24-10-9-19(17-26-24)18-27-25(32)22-16-21(23-8-5-15-33-23)28-31(22)20-6-3-2-4-7-20/h2-10,15-17H,11-14,18H2,1H3,(H,27,32). The second-order valence-corrected chi connectivity index (χ2v) is 8.14. The van der Waals surface area contributed by atoms with E-state index in [-0.39, 0.29) is 5.91 Å². The zero-order valence-electron chi connectivity index (χ0n) is 18.5. The highest BCUT2D eigenvalue weighted by Gasteiger charge is 2.19. The molecule has 1 saturated heterocycles. The van der Waals surface area contributed by atoms with E-state index in [1.165, 1.54) is 0 Å². The molecule has 5 rings (SSSR count). The smallest absolute Gasteiger partial charge is 0.270 e. The fraction of sp³-hybridized carbons (Fsp3) is 0.240. The van der Waals surface area contributed by atoms with Crippen LogP contribution in [0.15, 0.2) is 77.5 Å². The normalized spacial score (nSPS) is 14.4. The summed E-state index contributed by atoms with van der Waals surface area (Å²) in [5.41, 5.74) is 2.79. The van der Waals surface area contributed by atoms with Gasteiger partial charge in [0.2, 0.25) is 0 Å². The van der Waals surface area contributed by atoms with Crippen molar-refractivity contribution in [1.82, 2.24) is 25.0 Å². The maximum atomic E-state index is 13.1. The summed E-state index contributed by atoms with van der Waals surface area (Å²) in [5, 5.41) is 7.61. The monoisotopic (exact) mass is 442 g/mol. The molecule has 0 unspecified atom stereocenters. The molecule has 1 aromatic carbocycles. The molecule has 1 N–H and O–H groups in total. The van der Waals surface area contributed by atoms with Crippen molar-refractivity contribution in [1.29, 1.82) is 0 Å². The van der Waals surface area contributed by atoms with Crippen LogP contribution in [0.3, 0.4) is 0 Å². The minimum absolute atomic E-state index is 0.215. The molecule has 8 heteroatoms. The molecule has 0 atom stereocenters. The number of carbonyl (C=O) groups excluding carboxylic acids is 1. The van der Waals surface area contributed by atoms with Gasteiger partial charge in [-0.25, -0.2) is 9.67 Å². The average molecular weight is 443 g/mol. The molecule has 168 valence electrons. The number of nitrogens with one attached hydrogen (secondary N) is 1. The van der Waals surface area contributed by atoms with Crippen LogP contribution in [0.25, 0.3) is 17.1 Å². The fourth-order valence-corrected chi connectivity index (χ4v) is 3.87. The van der Waals surface area contributed by atoms with Crippen molar-refractivity contribution in [2.75, 3.05) is 38.1 Å². The van der Waals surface area contributed by atoms with Gasteiger partial charge in [-0.15, -0.1) is 0 Å². The molecule has 0 saturated carbocycles. The number of anilines is 1. The Labute approximate surface area is 192 Å². The number of para-hydroxylation sites is 1. The summed E-state index contributed by atoms with van der Waals surface area (Å²) in [6.45, 7) is 4.40. The van der Waals surface area contributed by atoms with Crippen LogP contribution in [-0.4, -0.2) is 58.8 Å². The lowest BCUT2D eigenvalue weighted by atomic mass is 10.2. The van der Waals surface area contributed by atoms with Gasteiger partial charge in [-0.3, -0.25) is 4.79 Å². The number of piperazine rings is 1. The maximum absolute atomic E-state index is 13.1. The van der Waals surface area contributed by atoms with Crippen molar-refractivity contribution < 1.29 is 9.21 Å². The Morgan fingerprint density at radius 1 is 1.03 bits per heavy atom. The van der Waals surface area contributed by atoms with Gasteiger partial charge in [0.25, 0.3) is 5.91 Å². The number of benzene rings is 1. The Morgan fingerprint density at radius 2 is 1.85 bits per heavy atom. The minimum Gasteiger partial charge on any atom is -0.463 e. The molecule has 0 aliphatic carbocycles. The topological polar surface area (TPSA) is 79.4 Å². The first-order valence-electron chi connectivity index (χ1n) is 11.0. The first-order valence-corrected chi connectivity index (χ1v) is 11.0. The van der Waals surface area contributed by atoms with Gasteiger partial charge in [0.1, 0.15) is 17.2 Å². The van der Waals surface area contributed by atoms with Gasteiger partial charge in [0.05, 0.1) is 12.0 Å². The first kappa shape index (κ1) is 21.0. The lowest BCUT2D eigenvalue weighted by molar-refractivity contribution is 0.0943. The number of carbonyl (C=O) groups is 1. The second kappa shape index (κ2) is 9.30. The second-order valence-electron chi connectivity index (χ2n) is 8.14. The Bertz CT molecular complexity index is 1190. The number of hydrogen-bond acceptors (Lipinski definition) is 6. The van der Waals surface area contributed by atoms with Gasteiger partial charge in [0, 0.05) is 45.0 Å². The molecule has 33 heavy (non-hydrogen) atoms. The highest BCUT2D eigenvalue weighted by molar-refractivity contribution is 5.94. The van der Waals surface area contributed by atoms with E-state index in [4.69, 9.17) is 4.42 Å². The number of nitrogens with zero attached hydrogens (tertiary/aromatic N) is 5. The number of furan rings is 1. The largest absolute Gasteiger partial charge is 0.463 e. The first-order chi connectivity index (χ1) is 16.2. The van der Waals surface area contributed by atoms with E-state index in [0.717, 1.165) is 43.2 Å². The molecule has 0 radical (unpaired) electrons. The van der Waals surface area contributed by atoms with Crippen molar-refractivity contribution in [3.63, 3.8) is 0 Å². The molecular formula is C25H26N6O2. The molecule has 3 aromatic heterocycles. The van der Waals surface area contributed by atoms with Crippen LogP contribution < -0.4 is 10.2 Å². The highest BCUT2D eigenvalue weighted by atomic mass is 16.3. The van der Waals surface area contributed by atoms with E-state index >= 15 is 0 Å². The lowest BCUT2D eigenvalue weighted by Crippen LogP contribution is -2.44. The molecule has 0 bridgehead atoms. The Morgan fingerprint density at radius 3 is 2.55 bits per heavy atom. The van der Waals surface area contributed by atoms with Crippen molar-refractivity contribution in [2.24, 2.45) is 0 Å². The van der Waals surface area contributed by atoms with Gasteiger partial charge in [-0.2, -0.15) is 5.10 Å². The summed E-state index contributed by atoms with van der Waals surface area (Å²) in [6, 6.07) is 19.0. The summed E-state index contributed by atoms with van der Waals surface area (Å²) in [5.74, 6) is 1.37. The van der Waals surface area contributed by atoms with Crippen molar-refractivity contribution in [3.8, 4) is 17.1 Å². The van der Waals surface area contributed by atoms with E-state index in [1.54, 1.807) is 23.1 Å². The Kier molecular flexibility index (Phi) is 5.91. The molecule has 1 fully saturated rings. The van der Waals surface area contributed by atoms with E-state index in [9.17, 15) is 4.79 Å². The number of pyridine rings is 1. The number of aromatic nitrogens is 3. The van der Waals surface area contributed by atoms with Gasteiger partial charge in [-0.05, 0) is 42.9 Å². The summed E-state index contributed by atoms with van der Waals surface area (Å²) < 4.78 is 7.12. The minimum atomic E-state index is -0.215. The van der Waals surface area contributed by atoms with Gasteiger partial charge < -0.3 is 19.5 Å². The molecule has 4 aromatic rings. The van der Waals surface area contributed by atoms with Crippen LogP contribution in [0.4, 0.5) is 5.82 Å². The molecular weight excluding hydrogens is 416 g/mol. The molecule has 4 heterocycles. The third-order valence-corrected chi connectivity index (χ3v) is 5.81. The summed E-state index contributed by atoms with van der Waals surface area (Å²) >= 11 is 0. The highest BCUT2D eigenvalue weighted by Crippen LogP contribution is 2.22. The summed E-state index contributed by atoms with van der Waals surface area (Å²) in [6.07, 6.45) is 3.42. The number of amides is 1. The zero-order valence-corrected chi connectivity index (χ0v) is 18.5. The van der Waals surface area contributed by atoms with Crippen LogP contribution >= 0.6 is 0 Å². The van der Waals surface area contributed by atoms with E-state index < -0.39 is 0 Å². The van der Waals surface area contributed by atoms with Crippen molar-refractivity contribution >= 4 is 11.7 Å². The Hall–Kier alpha value is -3.91. The van der Waals surface area contributed by atoms with E-state index in [0.29, 0.717) is 23.7 Å². The lowest BCUT2D eigenvalue weighted by Gasteiger charge is -2.33. The van der Waals surface area contributed by atoms with Gasteiger partial charge in [0.15, 0.2) is 5.76 Å². The van der Waals surface area contributed by atoms with E-state index in [2.05, 4.69) is 32.2 Å². The number of rotatable bonds is 6. The van der Waals surface area contributed by atoms with Crippen molar-refractivity contribution in [3.05, 3.63) is 84.4 Å². The van der Waals surface area contributed by atoms with E-state index in [1.807, 2.05) is 54.7 Å². The van der Waals surface area contributed by atoms with Crippen LogP contribution in [0.2, 0.25) is 0 Å². The number of likely N-dealkylation sites (N-methyl/N-ethyl adjacent to an activating group) is 1. The van der Waals surface area contributed by atoms with Crippen LogP contribution in [0.1, 0.15) is 16.1 Å². The van der Waals surface area contributed by atoms with Gasteiger partial charge >= 0.3 is 0 Å². The van der Waals surface area contributed by atoms with Gasteiger partial charge in [-0.1, -0.05) is 24.3 Å². The number of hydrogen-bond donors (Lipinski definition) is 1. The fourth-order valence-electron chi connectivity index (χ4n) is 3.87.